The first-order chi connectivity index (χ1) is 9.46. The summed E-state index contributed by atoms with van der Waals surface area (Å²) in [5.74, 6) is -0.182. The number of hydrogen-bond acceptors (Lipinski definition) is 3. The summed E-state index contributed by atoms with van der Waals surface area (Å²) in [4.78, 5) is 14.1. The van der Waals surface area contributed by atoms with E-state index in [4.69, 9.17) is 5.73 Å². The Morgan fingerprint density at radius 1 is 1.45 bits per heavy atom. The zero-order valence-corrected chi connectivity index (χ0v) is 12.1. The van der Waals surface area contributed by atoms with E-state index in [9.17, 15) is 9.18 Å². The molecule has 0 aliphatic carbocycles. The maximum atomic E-state index is 13.5. The lowest BCUT2D eigenvalue weighted by Crippen LogP contribution is -2.39. The SMILES string of the molecule is CNC(=O)C1(C)CCN(Cc2cc(F)cc(CN)c2)C1. The summed E-state index contributed by atoms with van der Waals surface area (Å²) in [6.45, 7) is 4.50. The van der Waals surface area contributed by atoms with Crippen molar-refractivity contribution >= 4 is 5.91 Å². The third kappa shape index (κ3) is 3.16. The van der Waals surface area contributed by atoms with E-state index in [2.05, 4.69) is 10.2 Å². The van der Waals surface area contributed by atoms with E-state index < -0.39 is 0 Å². The lowest BCUT2D eigenvalue weighted by Gasteiger charge is -2.23. The van der Waals surface area contributed by atoms with Crippen molar-refractivity contribution in [2.75, 3.05) is 20.1 Å². The van der Waals surface area contributed by atoms with Crippen molar-refractivity contribution in [1.29, 1.82) is 0 Å². The molecule has 1 heterocycles. The summed E-state index contributed by atoms with van der Waals surface area (Å²) in [6, 6.07) is 4.93. The third-order valence-electron chi connectivity index (χ3n) is 3.99. The largest absolute Gasteiger partial charge is 0.359 e. The van der Waals surface area contributed by atoms with E-state index in [-0.39, 0.29) is 17.1 Å². The molecule has 1 aromatic rings. The van der Waals surface area contributed by atoms with Gasteiger partial charge in [0.25, 0.3) is 0 Å². The number of hydrogen-bond donors (Lipinski definition) is 2. The molecule has 2 rings (SSSR count). The van der Waals surface area contributed by atoms with Crippen molar-refractivity contribution < 1.29 is 9.18 Å². The standard InChI is InChI=1S/C15H22FN3O/c1-15(14(20)18-2)3-4-19(10-15)9-12-5-11(8-17)6-13(16)7-12/h5-7H,3-4,8-10,17H2,1-2H3,(H,18,20). The van der Waals surface area contributed by atoms with Crippen LogP contribution in [0.1, 0.15) is 24.5 Å². The predicted molar refractivity (Wildman–Crippen MR) is 76.4 cm³/mol. The maximum absolute atomic E-state index is 13.5. The van der Waals surface area contributed by atoms with Gasteiger partial charge in [0.05, 0.1) is 5.41 Å². The van der Waals surface area contributed by atoms with Crippen LogP contribution in [0.3, 0.4) is 0 Å². The number of amides is 1. The van der Waals surface area contributed by atoms with Gasteiger partial charge in [-0.2, -0.15) is 0 Å². The molecule has 1 fully saturated rings. The lowest BCUT2D eigenvalue weighted by molar-refractivity contribution is -0.129. The minimum atomic E-state index is -0.348. The molecule has 1 atom stereocenters. The van der Waals surface area contributed by atoms with Gasteiger partial charge in [0.2, 0.25) is 5.91 Å². The Hall–Kier alpha value is -1.46. The van der Waals surface area contributed by atoms with Gasteiger partial charge in [0.1, 0.15) is 5.82 Å². The molecule has 1 aliphatic heterocycles. The van der Waals surface area contributed by atoms with Crippen LogP contribution in [0.5, 0.6) is 0 Å². The number of rotatable bonds is 4. The molecule has 1 amide bonds. The van der Waals surface area contributed by atoms with Crippen LogP contribution < -0.4 is 11.1 Å². The fourth-order valence-corrected chi connectivity index (χ4v) is 2.86. The van der Waals surface area contributed by atoms with Gasteiger partial charge in [-0.05, 0) is 43.1 Å². The highest BCUT2D eigenvalue weighted by Crippen LogP contribution is 2.31. The number of halogens is 1. The van der Waals surface area contributed by atoms with Gasteiger partial charge in [0.15, 0.2) is 0 Å². The number of carbonyl (C=O) groups excluding carboxylic acids is 1. The second kappa shape index (κ2) is 5.89. The average Bonchev–Trinajstić information content (AvgIpc) is 2.79. The maximum Gasteiger partial charge on any atom is 0.227 e. The fourth-order valence-electron chi connectivity index (χ4n) is 2.86. The van der Waals surface area contributed by atoms with Crippen molar-refractivity contribution in [2.24, 2.45) is 11.1 Å². The molecule has 0 spiro atoms. The second-order valence-corrected chi connectivity index (χ2v) is 5.77. The van der Waals surface area contributed by atoms with Crippen LogP contribution in [0.4, 0.5) is 4.39 Å². The summed E-state index contributed by atoms with van der Waals surface area (Å²) < 4.78 is 13.5. The molecule has 1 aromatic carbocycles. The third-order valence-corrected chi connectivity index (χ3v) is 3.99. The van der Waals surface area contributed by atoms with Gasteiger partial charge >= 0.3 is 0 Å². The minimum absolute atomic E-state index is 0.0712. The monoisotopic (exact) mass is 279 g/mol. The van der Waals surface area contributed by atoms with Gasteiger partial charge in [-0.25, -0.2) is 4.39 Å². The molecular weight excluding hydrogens is 257 g/mol. The number of carbonyl (C=O) groups is 1. The summed E-state index contributed by atoms with van der Waals surface area (Å²) >= 11 is 0. The summed E-state index contributed by atoms with van der Waals surface area (Å²) in [5.41, 5.74) is 6.92. The van der Waals surface area contributed by atoms with Crippen LogP contribution in [-0.2, 0) is 17.9 Å². The zero-order chi connectivity index (χ0) is 14.8. The molecule has 1 unspecified atom stereocenters. The van der Waals surface area contributed by atoms with Gasteiger partial charge in [-0.3, -0.25) is 9.69 Å². The quantitative estimate of drug-likeness (QED) is 0.872. The van der Waals surface area contributed by atoms with E-state index in [1.807, 2.05) is 13.0 Å². The first-order valence-corrected chi connectivity index (χ1v) is 6.90. The zero-order valence-electron chi connectivity index (χ0n) is 12.1. The molecule has 0 aromatic heterocycles. The summed E-state index contributed by atoms with van der Waals surface area (Å²) in [5, 5.41) is 2.72. The molecule has 4 nitrogen and oxygen atoms in total. The Morgan fingerprint density at radius 3 is 2.80 bits per heavy atom. The number of nitrogens with zero attached hydrogens (tertiary/aromatic N) is 1. The highest BCUT2D eigenvalue weighted by atomic mass is 19.1. The normalized spacial score (nSPS) is 23.0. The number of benzene rings is 1. The Morgan fingerprint density at radius 2 is 2.15 bits per heavy atom. The predicted octanol–water partition coefficient (Wildman–Crippen LogP) is 1.24. The average molecular weight is 279 g/mol. The summed E-state index contributed by atoms with van der Waals surface area (Å²) in [7, 11) is 1.66. The molecule has 5 heteroatoms. The fraction of sp³-hybridized carbons (Fsp3) is 0.533. The first kappa shape index (κ1) is 14.9. The highest BCUT2D eigenvalue weighted by Gasteiger charge is 2.39. The number of nitrogens with one attached hydrogen (secondary N) is 1. The molecule has 1 aliphatic rings. The Balaban J connectivity index is 2.05. The molecular formula is C15H22FN3O. The van der Waals surface area contributed by atoms with Gasteiger partial charge in [0, 0.05) is 26.7 Å². The van der Waals surface area contributed by atoms with Crippen LogP contribution in [0.25, 0.3) is 0 Å². The van der Waals surface area contributed by atoms with Crippen LogP contribution in [0.2, 0.25) is 0 Å². The Labute approximate surface area is 119 Å². The van der Waals surface area contributed by atoms with Crippen LogP contribution in [0.15, 0.2) is 18.2 Å². The molecule has 3 N–H and O–H groups in total. The van der Waals surface area contributed by atoms with Crippen molar-refractivity contribution in [1.82, 2.24) is 10.2 Å². The molecule has 20 heavy (non-hydrogen) atoms. The molecule has 0 radical (unpaired) electrons. The topological polar surface area (TPSA) is 58.4 Å². The van der Waals surface area contributed by atoms with Crippen LogP contribution in [-0.4, -0.2) is 30.9 Å². The van der Waals surface area contributed by atoms with E-state index in [1.54, 1.807) is 7.05 Å². The van der Waals surface area contributed by atoms with E-state index >= 15 is 0 Å². The van der Waals surface area contributed by atoms with Gasteiger partial charge in [-0.1, -0.05) is 6.07 Å². The van der Waals surface area contributed by atoms with Gasteiger partial charge in [-0.15, -0.1) is 0 Å². The van der Waals surface area contributed by atoms with E-state index in [1.165, 1.54) is 12.1 Å². The van der Waals surface area contributed by atoms with Crippen molar-refractivity contribution in [3.63, 3.8) is 0 Å². The van der Waals surface area contributed by atoms with E-state index in [0.29, 0.717) is 19.6 Å². The van der Waals surface area contributed by atoms with Crippen molar-refractivity contribution in [3.05, 3.63) is 35.1 Å². The molecule has 0 bridgehead atoms. The Bertz CT molecular complexity index is 506. The smallest absolute Gasteiger partial charge is 0.227 e. The van der Waals surface area contributed by atoms with Crippen LogP contribution >= 0.6 is 0 Å². The molecule has 1 saturated heterocycles. The first-order valence-electron chi connectivity index (χ1n) is 6.90. The second-order valence-electron chi connectivity index (χ2n) is 5.77. The summed E-state index contributed by atoms with van der Waals surface area (Å²) in [6.07, 6.45) is 0.825. The number of likely N-dealkylation sites (tertiary alicyclic amines) is 1. The molecule has 0 saturated carbocycles. The van der Waals surface area contributed by atoms with E-state index in [0.717, 1.165) is 24.1 Å². The number of nitrogens with two attached hydrogens (primary N) is 1. The molecule has 110 valence electrons. The van der Waals surface area contributed by atoms with Gasteiger partial charge < -0.3 is 11.1 Å². The minimum Gasteiger partial charge on any atom is -0.359 e. The van der Waals surface area contributed by atoms with Crippen LogP contribution in [0, 0.1) is 11.2 Å². The van der Waals surface area contributed by atoms with Crippen molar-refractivity contribution in [2.45, 2.75) is 26.4 Å². The van der Waals surface area contributed by atoms with Crippen molar-refractivity contribution in [3.8, 4) is 0 Å². The lowest BCUT2D eigenvalue weighted by atomic mass is 9.89. The highest BCUT2D eigenvalue weighted by molar-refractivity contribution is 5.82. The Kier molecular flexibility index (Phi) is 4.40.